The van der Waals surface area contributed by atoms with Crippen LogP contribution < -0.4 is 0 Å². The minimum Gasteiger partial charge on any atom is -0.370 e. The Kier molecular flexibility index (Phi) is 2.47. The fraction of sp³-hybridized carbons (Fsp3) is 0.800. The highest BCUT2D eigenvalue weighted by molar-refractivity contribution is 8.02. The quantitative estimate of drug-likeness (QED) is 0.652. The normalized spacial score (nSPS) is 34.5. The van der Waals surface area contributed by atoms with Crippen molar-refractivity contribution in [3.8, 4) is 0 Å². The van der Waals surface area contributed by atoms with E-state index in [1.807, 2.05) is 11.8 Å². The van der Waals surface area contributed by atoms with E-state index in [-0.39, 0.29) is 0 Å². The van der Waals surface area contributed by atoms with Crippen molar-refractivity contribution in [2.45, 2.75) is 44.8 Å². The molecular formula is C10H16OS. The molecule has 2 unspecified atom stereocenters. The predicted molar refractivity (Wildman–Crippen MR) is 53.3 cm³/mol. The average Bonchev–Trinajstić information content (AvgIpc) is 2.48. The molecule has 0 aromatic rings. The van der Waals surface area contributed by atoms with E-state index in [1.54, 1.807) is 10.5 Å². The molecule has 0 aliphatic carbocycles. The van der Waals surface area contributed by atoms with Crippen LogP contribution in [0.5, 0.6) is 0 Å². The lowest BCUT2D eigenvalue weighted by Gasteiger charge is -2.25. The second-order valence-electron chi connectivity index (χ2n) is 3.53. The molecule has 2 aliphatic heterocycles. The molecule has 0 spiro atoms. The molecular weight excluding hydrogens is 168 g/mol. The molecule has 0 saturated carbocycles. The van der Waals surface area contributed by atoms with E-state index >= 15 is 0 Å². The summed E-state index contributed by atoms with van der Waals surface area (Å²) in [5.41, 5.74) is 1.58. The van der Waals surface area contributed by atoms with Crippen molar-refractivity contribution in [2.24, 2.45) is 0 Å². The van der Waals surface area contributed by atoms with Gasteiger partial charge < -0.3 is 4.74 Å². The van der Waals surface area contributed by atoms with Crippen LogP contribution in [-0.2, 0) is 4.74 Å². The first kappa shape index (κ1) is 8.64. The Morgan fingerprint density at radius 2 is 2.33 bits per heavy atom. The second kappa shape index (κ2) is 3.43. The van der Waals surface area contributed by atoms with Crippen molar-refractivity contribution in [1.82, 2.24) is 0 Å². The van der Waals surface area contributed by atoms with Gasteiger partial charge in [0, 0.05) is 6.42 Å². The Morgan fingerprint density at radius 3 is 3.00 bits per heavy atom. The van der Waals surface area contributed by atoms with E-state index in [2.05, 4.69) is 13.2 Å². The minimum absolute atomic E-state index is 0.483. The van der Waals surface area contributed by atoms with E-state index in [0.717, 1.165) is 0 Å². The molecule has 2 heteroatoms. The minimum atomic E-state index is 0.483. The van der Waals surface area contributed by atoms with E-state index in [9.17, 15) is 0 Å². The smallest absolute Gasteiger partial charge is 0.0800 e. The Morgan fingerprint density at radius 1 is 1.50 bits per heavy atom. The first-order valence-electron chi connectivity index (χ1n) is 4.76. The third-order valence-corrected chi connectivity index (χ3v) is 3.82. The van der Waals surface area contributed by atoms with Crippen LogP contribution in [0.25, 0.3) is 0 Å². The lowest BCUT2D eigenvalue weighted by molar-refractivity contribution is 0.0538. The summed E-state index contributed by atoms with van der Waals surface area (Å²) in [4.78, 5) is 1.61. The average molecular weight is 184 g/mol. The molecule has 0 aromatic carbocycles. The van der Waals surface area contributed by atoms with Crippen LogP contribution in [0.2, 0.25) is 0 Å². The molecule has 0 amide bonds. The third kappa shape index (κ3) is 1.31. The zero-order valence-electron chi connectivity index (χ0n) is 7.80. The highest BCUT2D eigenvalue weighted by atomic mass is 32.2. The molecule has 1 fully saturated rings. The van der Waals surface area contributed by atoms with E-state index in [1.165, 1.54) is 25.7 Å². The highest BCUT2D eigenvalue weighted by Crippen LogP contribution is 2.41. The van der Waals surface area contributed by atoms with Crippen molar-refractivity contribution in [3.05, 3.63) is 10.5 Å². The molecule has 2 bridgehead atoms. The van der Waals surface area contributed by atoms with Gasteiger partial charge in [0.05, 0.1) is 12.2 Å². The maximum atomic E-state index is 5.86. The monoisotopic (exact) mass is 184 g/mol. The maximum absolute atomic E-state index is 5.86. The van der Waals surface area contributed by atoms with Crippen LogP contribution in [0, 0.1) is 0 Å². The summed E-state index contributed by atoms with van der Waals surface area (Å²) >= 11 is 1.93. The van der Waals surface area contributed by atoms with Crippen molar-refractivity contribution in [2.75, 3.05) is 6.26 Å². The molecule has 2 heterocycles. The van der Waals surface area contributed by atoms with Crippen LogP contribution in [0.3, 0.4) is 0 Å². The topological polar surface area (TPSA) is 9.23 Å². The highest BCUT2D eigenvalue weighted by Gasteiger charge is 2.34. The largest absolute Gasteiger partial charge is 0.370 e. The zero-order valence-corrected chi connectivity index (χ0v) is 8.62. The molecule has 2 rings (SSSR count). The molecule has 1 saturated heterocycles. The Bertz CT molecular complexity index is 210. The first-order valence-corrected chi connectivity index (χ1v) is 5.99. The molecule has 0 radical (unpaired) electrons. The summed E-state index contributed by atoms with van der Waals surface area (Å²) in [6.07, 6.45) is 8.12. The molecule has 0 aromatic heterocycles. The molecule has 2 atom stereocenters. The van der Waals surface area contributed by atoms with Crippen LogP contribution in [0.4, 0.5) is 0 Å². The lowest BCUT2D eigenvalue weighted by atomic mass is 10.0. The van der Waals surface area contributed by atoms with Gasteiger partial charge in [0.15, 0.2) is 0 Å². The summed E-state index contributed by atoms with van der Waals surface area (Å²) in [6.45, 7) is 2.24. The molecule has 2 aliphatic rings. The fourth-order valence-corrected chi connectivity index (χ4v) is 3.16. The van der Waals surface area contributed by atoms with Crippen LogP contribution in [0.1, 0.15) is 32.6 Å². The summed E-state index contributed by atoms with van der Waals surface area (Å²) in [5.74, 6) is 0. The number of hydrogen-bond acceptors (Lipinski definition) is 2. The Labute approximate surface area is 78.6 Å². The van der Waals surface area contributed by atoms with Crippen molar-refractivity contribution < 1.29 is 4.74 Å². The van der Waals surface area contributed by atoms with Gasteiger partial charge in [-0.1, -0.05) is 6.92 Å². The van der Waals surface area contributed by atoms with Gasteiger partial charge in [-0.05, 0) is 36.0 Å². The van der Waals surface area contributed by atoms with Crippen molar-refractivity contribution in [3.63, 3.8) is 0 Å². The molecule has 1 nitrogen and oxygen atoms in total. The van der Waals surface area contributed by atoms with E-state index in [0.29, 0.717) is 12.2 Å². The van der Waals surface area contributed by atoms with Crippen molar-refractivity contribution in [1.29, 1.82) is 0 Å². The Hall–Kier alpha value is 0.0500. The van der Waals surface area contributed by atoms with Gasteiger partial charge in [-0.25, -0.2) is 0 Å². The third-order valence-electron chi connectivity index (χ3n) is 2.89. The Balaban J connectivity index is 2.24. The SMILES string of the molecule is CCC1=C(SC)CC2CCC1O2. The number of hydrogen-bond donors (Lipinski definition) is 0. The van der Waals surface area contributed by atoms with Crippen molar-refractivity contribution >= 4 is 11.8 Å². The lowest BCUT2D eigenvalue weighted by Crippen LogP contribution is -2.20. The summed E-state index contributed by atoms with van der Waals surface area (Å²) < 4.78 is 5.86. The maximum Gasteiger partial charge on any atom is 0.0800 e. The molecule has 12 heavy (non-hydrogen) atoms. The van der Waals surface area contributed by atoms with Gasteiger partial charge in [0.2, 0.25) is 0 Å². The first-order chi connectivity index (χ1) is 5.85. The zero-order chi connectivity index (χ0) is 8.55. The van der Waals surface area contributed by atoms with Gasteiger partial charge in [-0.15, -0.1) is 11.8 Å². The molecule has 68 valence electrons. The van der Waals surface area contributed by atoms with Gasteiger partial charge in [-0.2, -0.15) is 0 Å². The summed E-state index contributed by atoms with van der Waals surface area (Å²) in [5, 5.41) is 0. The number of thioether (sulfide) groups is 1. The van der Waals surface area contributed by atoms with E-state index in [4.69, 9.17) is 4.74 Å². The summed E-state index contributed by atoms with van der Waals surface area (Å²) in [6, 6.07) is 0. The van der Waals surface area contributed by atoms with Gasteiger partial charge in [-0.3, -0.25) is 0 Å². The summed E-state index contributed by atoms with van der Waals surface area (Å²) in [7, 11) is 0. The van der Waals surface area contributed by atoms with Gasteiger partial charge >= 0.3 is 0 Å². The predicted octanol–water partition coefficient (Wildman–Crippen LogP) is 2.96. The standard InChI is InChI=1S/C10H16OS/c1-3-8-9-5-4-7(11-9)6-10(8)12-2/h7,9H,3-6H2,1-2H3. The molecule has 0 N–H and O–H groups in total. The second-order valence-corrected chi connectivity index (χ2v) is 4.44. The van der Waals surface area contributed by atoms with Crippen LogP contribution in [-0.4, -0.2) is 18.5 Å². The van der Waals surface area contributed by atoms with Crippen LogP contribution in [0.15, 0.2) is 10.5 Å². The van der Waals surface area contributed by atoms with Gasteiger partial charge in [0.25, 0.3) is 0 Å². The number of ether oxygens (including phenoxy) is 1. The van der Waals surface area contributed by atoms with E-state index < -0.39 is 0 Å². The fourth-order valence-electron chi connectivity index (χ4n) is 2.27. The number of fused-ring (bicyclic) bond motifs is 2. The van der Waals surface area contributed by atoms with Gasteiger partial charge in [0.1, 0.15) is 0 Å². The number of rotatable bonds is 2. The van der Waals surface area contributed by atoms with Crippen LogP contribution >= 0.6 is 11.8 Å².